The Kier molecular flexibility index (Phi) is 2.52. The highest BCUT2D eigenvalue weighted by Crippen LogP contribution is 2.02. The van der Waals surface area contributed by atoms with E-state index in [1.165, 1.54) is 5.46 Å². The Morgan fingerprint density at radius 1 is 1.45 bits per heavy atom. The molecule has 3 heteroatoms. The van der Waals surface area contributed by atoms with Crippen molar-refractivity contribution in [2.75, 3.05) is 5.32 Å². The molecule has 1 N–H and O–H groups in total. The van der Waals surface area contributed by atoms with E-state index in [0.717, 1.165) is 5.69 Å². The normalized spacial score (nSPS) is 10.1. The van der Waals surface area contributed by atoms with Gasteiger partial charge in [0.05, 0.1) is 5.69 Å². The van der Waals surface area contributed by atoms with Crippen molar-refractivity contribution in [2.24, 2.45) is 0 Å². The van der Waals surface area contributed by atoms with E-state index in [0.29, 0.717) is 6.04 Å². The lowest BCUT2D eigenvalue weighted by molar-refractivity contribution is 0.898. The molecule has 2 nitrogen and oxygen atoms in total. The van der Waals surface area contributed by atoms with Crippen LogP contribution in [0.1, 0.15) is 13.8 Å². The maximum Gasteiger partial charge on any atom is 0.141 e. The largest absolute Gasteiger partial charge is 0.382 e. The smallest absolute Gasteiger partial charge is 0.141 e. The number of hydrogen-bond donors (Lipinski definition) is 1. The van der Waals surface area contributed by atoms with Crippen LogP contribution in [0.25, 0.3) is 0 Å². The van der Waals surface area contributed by atoms with Gasteiger partial charge in [0.1, 0.15) is 7.85 Å². The van der Waals surface area contributed by atoms with Gasteiger partial charge in [-0.25, -0.2) is 0 Å². The molecule has 0 aromatic carbocycles. The van der Waals surface area contributed by atoms with E-state index >= 15 is 0 Å². The molecular weight excluding hydrogens is 135 g/mol. The number of anilines is 1. The third-order valence-corrected chi connectivity index (χ3v) is 1.33. The van der Waals surface area contributed by atoms with E-state index in [4.69, 9.17) is 0 Å². The Hall–Kier alpha value is -0.985. The minimum atomic E-state index is 0.471. The summed E-state index contributed by atoms with van der Waals surface area (Å²) in [6.07, 6.45) is 3.69. The SMILES string of the molecule is Bc1cncc(NC(C)C)c1. The number of nitrogens with zero attached hydrogens (tertiary/aromatic N) is 1. The van der Waals surface area contributed by atoms with Crippen molar-refractivity contribution in [1.29, 1.82) is 0 Å². The standard InChI is InChI=1S/C8H13BN2/c1-6(2)11-8-3-7(9)4-10-5-8/h3-6,11H,9H2,1-2H3. The first-order valence-corrected chi connectivity index (χ1v) is 3.86. The molecular formula is C8H13BN2. The molecule has 0 spiro atoms. The van der Waals surface area contributed by atoms with Crippen LogP contribution in [0.15, 0.2) is 18.5 Å². The molecule has 0 atom stereocenters. The van der Waals surface area contributed by atoms with Gasteiger partial charge in [-0.3, -0.25) is 4.98 Å². The molecule has 0 aliphatic heterocycles. The number of nitrogens with one attached hydrogen (secondary N) is 1. The maximum absolute atomic E-state index is 4.07. The molecule has 0 unspecified atom stereocenters. The van der Waals surface area contributed by atoms with Gasteiger partial charge >= 0.3 is 0 Å². The zero-order valence-corrected chi connectivity index (χ0v) is 7.26. The first kappa shape index (κ1) is 8.11. The Morgan fingerprint density at radius 3 is 2.73 bits per heavy atom. The summed E-state index contributed by atoms with van der Waals surface area (Å²) in [5, 5.41) is 3.28. The quantitative estimate of drug-likeness (QED) is 0.604. The van der Waals surface area contributed by atoms with Crippen LogP contribution in [0.2, 0.25) is 0 Å². The summed E-state index contributed by atoms with van der Waals surface area (Å²) in [6.45, 7) is 4.23. The maximum atomic E-state index is 4.07. The molecule has 1 rings (SSSR count). The van der Waals surface area contributed by atoms with Crippen LogP contribution in [0.5, 0.6) is 0 Å². The highest BCUT2D eigenvalue weighted by molar-refractivity contribution is 6.32. The molecule has 0 saturated carbocycles. The van der Waals surface area contributed by atoms with E-state index in [9.17, 15) is 0 Å². The van der Waals surface area contributed by atoms with Crippen LogP contribution in [-0.2, 0) is 0 Å². The van der Waals surface area contributed by atoms with Crippen molar-refractivity contribution in [3.8, 4) is 0 Å². The summed E-state index contributed by atoms with van der Waals surface area (Å²) in [5.41, 5.74) is 2.29. The van der Waals surface area contributed by atoms with E-state index in [1.54, 1.807) is 0 Å². The van der Waals surface area contributed by atoms with Crippen molar-refractivity contribution >= 4 is 19.0 Å². The lowest BCUT2D eigenvalue weighted by Gasteiger charge is -2.09. The van der Waals surface area contributed by atoms with E-state index in [1.807, 2.05) is 20.2 Å². The lowest BCUT2D eigenvalue weighted by Crippen LogP contribution is -2.12. The van der Waals surface area contributed by atoms with Crippen molar-refractivity contribution in [3.05, 3.63) is 18.5 Å². The lowest BCUT2D eigenvalue weighted by atomic mass is 9.99. The third-order valence-electron chi connectivity index (χ3n) is 1.33. The average molecular weight is 148 g/mol. The summed E-state index contributed by atoms with van der Waals surface area (Å²) < 4.78 is 0. The van der Waals surface area contributed by atoms with Gasteiger partial charge in [0.2, 0.25) is 0 Å². The van der Waals surface area contributed by atoms with Crippen LogP contribution in [-0.4, -0.2) is 18.9 Å². The van der Waals surface area contributed by atoms with Crippen LogP contribution < -0.4 is 10.8 Å². The fourth-order valence-corrected chi connectivity index (χ4v) is 0.967. The van der Waals surface area contributed by atoms with Gasteiger partial charge in [0.15, 0.2) is 0 Å². The second-order valence-electron chi connectivity index (χ2n) is 3.05. The molecule has 1 aromatic heterocycles. The molecule has 0 fully saturated rings. The number of hydrogen-bond acceptors (Lipinski definition) is 2. The van der Waals surface area contributed by atoms with E-state index in [-0.39, 0.29) is 0 Å². The van der Waals surface area contributed by atoms with Gasteiger partial charge < -0.3 is 5.32 Å². The highest BCUT2D eigenvalue weighted by atomic mass is 14.9. The van der Waals surface area contributed by atoms with Crippen LogP contribution in [0, 0.1) is 0 Å². The zero-order valence-electron chi connectivity index (χ0n) is 7.26. The van der Waals surface area contributed by atoms with Crippen molar-refractivity contribution in [2.45, 2.75) is 19.9 Å². The van der Waals surface area contributed by atoms with Gasteiger partial charge in [-0.15, -0.1) is 0 Å². The van der Waals surface area contributed by atoms with Crippen LogP contribution in [0.4, 0.5) is 5.69 Å². The molecule has 0 bridgehead atoms. The predicted molar refractivity (Wildman–Crippen MR) is 51.2 cm³/mol. The molecule has 0 aliphatic rings. The van der Waals surface area contributed by atoms with Gasteiger partial charge in [0, 0.05) is 18.4 Å². The van der Waals surface area contributed by atoms with Gasteiger partial charge in [0.25, 0.3) is 0 Å². The summed E-state index contributed by atoms with van der Waals surface area (Å²) in [7, 11) is 2.04. The summed E-state index contributed by atoms with van der Waals surface area (Å²) >= 11 is 0. The molecule has 1 heterocycles. The van der Waals surface area contributed by atoms with Gasteiger partial charge in [-0.2, -0.15) is 0 Å². The van der Waals surface area contributed by atoms with Gasteiger partial charge in [-0.05, 0) is 19.9 Å². The summed E-state index contributed by atoms with van der Waals surface area (Å²) in [4.78, 5) is 4.07. The fraction of sp³-hybridized carbons (Fsp3) is 0.375. The second-order valence-corrected chi connectivity index (χ2v) is 3.05. The van der Waals surface area contributed by atoms with Crippen molar-refractivity contribution < 1.29 is 0 Å². The van der Waals surface area contributed by atoms with E-state index < -0.39 is 0 Å². The molecule has 1 aromatic rings. The first-order chi connectivity index (χ1) is 5.18. The molecule has 58 valence electrons. The molecule has 0 amide bonds. The van der Waals surface area contributed by atoms with Gasteiger partial charge in [-0.1, -0.05) is 5.46 Å². The Balaban J connectivity index is 2.71. The number of aromatic nitrogens is 1. The number of rotatable bonds is 2. The third kappa shape index (κ3) is 2.62. The average Bonchev–Trinajstić information content (AvgIpc) is 1.85. The Bertz CT molecular complexity index is 235. The van der Waals surface area contributed by atoms with Crippen LogP contribution in [0.3, 0.4) is 0 Å². The Morgan fingerprint density at radius 2 is 2.18 bits per heavy atom. The molecule has 0 aliphatic carbocycles. The minimum absolute atomic E-state index is 0.471. The number of pyridine rings is 1. The summed E-state index contributed by atoms with van der Waals surface area (Å²) in [6, 6.07) is 2.56. The molecule has 0 radical (unpaired) electrons. The predicted octanol–water partition coefficient (Wildman–Crippen LogP) is 0.160. The summed E-state index contributed by atoms with van der Waals surface area (Å²) in [5.74, 6) is 0. The highest BCUT2D eigenvalue weighted by Gasteiger charge is 1.94. The van der Waals surface area contributed by atoms with Crippen molar-refractivity contribution in [3.63, 3.8) is 0 Å². The first-order valence-electron chi connectivity index (χ1n) is 3.86. The second kappa shape index (κ2) is 3.42. The topological polar surface area (TPSA) is 24.9 Å². The molecule has 0 saturated heterocycles. The minimum Gasteiger partial charge on any atom is -0.382 e. The zero-order chi connectivity index (χ0) is 8.27. The van der Waals surface area contributed by atoms with E-state index in [2.05, 4.69) is 30.2 Å². The molecule has 11 heavy (non-hydrogen) atoms. The monoisotopic (exact) mass is 148 g/mol. The fourth-order valence-electron chi connectivity index (χ4n) is 0.967. The van der Waals surface area contributed by atoms with Crippen molar-refractivity contribution in [1.82, 2.24) is 4.98 Å². The Labute approximate surface area is 68.4 Å². The van der Waals surface area contributed by atoms with Crippen LogP contribution >= 0.6 is 0 Å².